The highest BCUT2D eigenvalue weighted by Crippen LogP contribution is 2.57. The molecule has 130 valence electrons. The highest BCUT2D eigenvalue weighted by atomic mass is 16.5. The van der Waals surface area contributed by atoms with Crippen LogP contribution in [0.2, 0.25) is 0 Å². The van der Waals surface area contributed by atoms with Crippen molar-refractivity contribution in [3.05, 3.63) is 35.0 Å². The summed E-state index contributed by atoms with van der Waals surface area (Å²) in [7, 11) is 1.35. The van der Waals surface area contributed by atoms with Crippen LogP contribution in [0.1, 0.15) is 50.2 Å². The molecule has 0 amide bonds. The van der Waals surface area contributed by atoms with Gasteiger partial charge in [0.2, 0.25) is 0 Å². The molecule has 1 atom stereocenters. The third-order valence-electron chi connectivity index (χ3n) is 5.81. The molecular formula is C20H22N2O3. The maximum atomic E-state index is 12.6. The van der Waals surface area contributed by atoms with Gasteiger partial charge in [0.05, 0.1) is 18.8 Å². The molecule has 0 saturated heterocycles. The van der Waals surface area contributed by atoms with Gasteiger partial charge in [0.25, 0.3) is 0 Å². The summed E-state index contributed by atoms with van der Waals surface area (Å²) in [5.74, 6) is -0.588. The molecule has 1 heterocycles. The van der Waals surface area contributed by atoms with E-state index in [1.807, 2.05) is 18.3 Å². The van der Waals surface area contributed by atoms with Crippen molar-refractivity contribution in [1.82, 2.24) is 10.2 Å². The summed E-state index contributed by atoms with van der Waals surface area (Å²) in [4.78, 5) is 25.0. The van der Waals surface area contributed by atoms with Gasteiger partial charge in [0.15, 0.2) is 5.78 Å². The van der Waals surface area contributed by atoms with E-state index in [2.05, 4.69) is 17.1 Å². The van der Waals surface area contributed by atoms with E-state index in [1.54, 1.807) is 0 Å². The fourth-order valence-corrected chi connectivity index (χ4v) is 4.62. The van der Waals surface area contributed by atoms with Gasteiger partial charge in [0, 0.05) is 17.2 Å². The van der Waals surface area contributed by atoms with Gasteiger partial charge in [-0.15, -0.1) is 0 Å². The Morgan fingerprint density at radius 1 is 1.40 bits per heavy atom. The van der Waals surface area contributed by atoms with Gasteiger partial charge in [-0.2, -0.15) is 5.10 Å². The monoisotopic (exact) mass is 338 g/mol. The molecule has 0 unspecified atom stereocenters. The third-order valence-corrected chi connectivity index (χ3v) is 5.81. The number of benzene rings is 1. The van der Waals surface area contributed by atoms with Crippen molar-refractivity contribution in [2.75, 3.05) is 7.11 Å². The number of aromatic amines is 1. The first kappa shape index (κ1) is 16.1. The number of unbranched alkanes of at least 4 members (excludes halogenated alkanes) is 1. The second-order valence-electron chi connectivity index (χ2n) is 7.15. The summed E-state index contributed by atoms with van der Waals surface area (Å²) in [5.41, 5.74) is 4.27. The number of nitrogens with one attached hydrogen (secondary N) is 1. The van der Waals surface area contributed by atoms with Crippen LogP contribution in [-0.4, -0.2) is 29.1 Å². The average molecular weight is 338 g/mol. The summed E-state index contributed by atoms with van der Waals surface area (Å²) in [5, 5.41) is 8.27. The second kappa shape index (κ2) is 5.83. The molecule has 25 heavy (non-hydrogen) atoms. The number of H-pyrrole nitrogens is 1. The van der Waals surface area contributed by atoms with Crippen LogP contribution in [0.4, 0.5) is 0 Å². The molecule has 2 aliphatic carbocycles. The fourth-order valence-electron chi connectivity index (χ4n) is 4.62. The minimum absolute atomic E-state index is 0.0888. The van der Waals surface area contributed by atoms with Crippen molar-refractivity contribution in [3.63, 3.8) is 0 Å². The van der Waals surface area contributed by atoms with Gasteiger partial charge in [-0.3, -0.25) is 9.89 Å². The van der Waals surface area contributed by atoms with E-state index in [4.69, 9.17) is 4.74 Å². The van der Waals surface area contributed by atoms with Gasteiger partial charge < -0.3 is 4.74 Å². The number of hydrogen-bond donors (Lipinski definition) is 1. The summed E-state index contributed by atoms with van der Waals surface area (Å²) in [6.45, 7) is 2.17. The zero-order valence-electron chi connectivity index (χ0n) is 14.6. The van der Waals surface area contributed by atoms with Crippen LogP contribution in [0.25, 0.3) is 16.5 Å². The molecule has 1 aromatic carbocycles. The average Bonchev–Trinajstić information content (AvgIpc) is 3.22. The van der Waals surface area contributed by atoms with Crippen LogP contribution in [0.15, 0.2) is 23.9 Å². The Morgan fingerprint density at radius 3 is 3.00 bits per heavy atom. The normalized spacial score (nSPS) is 22.2. The minimum atomic E-state index is -0.499. The maximum absolute atomic E-state index is 12.6. The lowest BCUT2D eigenvalue weighted by Crippen LogP contribution is -2.31. The molecule has 5 heteroatoms. The van der Waals surface area contributed by atoms with E-state index >= 15 is 0 Å². The first-order valence-corrected chi connectivity index (χ1v) is 8.93. The van der Waals surface area contributed by atoms with Crippen molar-refractivity contribution in [3.8, 4) is 0 Å². The van der Waals surface area contributed by atoms with Crippen molar-refractivity contribution < 1.29 is 14.3 Å². The second-order valence-corrected chi connectivity index (χ2v) is 7.15. The standard InChI is InChI=1S/C20H22N2O3/c1-3-4-8-20-9-7-16(23)17(19(24)25-2)18(20)12-5-6-15-14(11-21-22-15)13(12)10-20/h5-6,11H,3-4,7-10H2,1-2H3,(H,21,22)/t20-/m0/s1. The number of Topliss-reactive ketones (excluding diaryl/α,β-unsaturated/α-hetero) is 1. The predicted octanol–water partition coefficient (Wildman–Crippen LogP) is 3.59. The Hall–Kier alpha value is -2.43. The molecule has 4 rings (SSSR count). The minimum Gasteiger partial charge on any atom is -0.465 e. The highest BCUT2D eigenvalue weighted by molar-refractivity contribution is 6.25. The van der Waals surface area contributed by atoms with Crippen LogP contribution >= 0.6 is 0 Å². The van der Waals surface area contributed by atoms with Crippen LogP contribution < -0.4 is 0 Å². The molecule has 0 bridgehead atoms. The summed E-state index contributed by atoms with van der Waals surface area (Å²) in [6, 6.07) is 4.01. The number of carbonyl (C=O) groups is 2. The highest BCUT2D eigenvalue weighted by Gasteiger charge is 2.49. The number of fused-ring (bicyclic) bond motifs is 5. The number of ether oxygens (including phenoxy) is 1. The summed E-state index contributed by atoms with van der Waals surface area (Å²) in [6.07, 6.45) is 7.08. The number of aromatic nitrogens is 2. The number of carbonyl (C=O) groups excluding carboxylic acids is 2. The van der Waals surface area contributed by atoms with Crippen molar-refractivity contribution >= 4 is 28.2 Å². The van der Waals surface area contributed by atoms with Crippen molar-refractivity contribution in [2.24, 2.45) is 5.41 Å². The summed E-state index contributed by atoms with van der Waals surface area (Å²) < 4.78 is 4.97. The molecule has 5 nitrogen and oxygen atoms in total. The molecular weight excluding hydrogens is 316 g/mol. The molecule has 0 fully saturated rings. The third kappa shape index (κ3) is 2.25. The number of methoxy groups -OCH3 is 1. The molecule has 0 radical (unpaired) electrons. The SMILES string of the molecule is CCCC[C@@]12CCC(=O)C(C(=O)OC)=C1c1ccc3[nH]ncc3c1C2. The van der Waals surface area contributed by atoms with E-state index in [0.29, 0.717) is 6.42 Å². The van der Waals surface area contributed by atoms with E-state index in [0.717, 1.165) is 54.1 Å². The Kier molecular flexibility index (Phi) is 3.74. The molecule has 2 aromatic rings. The zero-order valence-corrected chi connectivity index (χ0v) is 14.6. The van der Waals surface area contributed by atoms with Crippen molar-refractivity contribution in [2.45, 2.75) is 45.4 Å². The number of ketones is 1. The Bertz CT molecular complexity index is 909. The van der Waals surface area contributed by atoms with Crippen LogP contribution in [0.3, 0.4) is 0 Å². The van der Waals surface area contributed by atoms with Gasteiger partial charge in [0.1, 0.15) is 5.57 Å². The van der Waals surface area contributed by atoms with Crippen LogP contribution in [0.5, 0.6) is 0 Å². The predicted molar refractivity (Wildman–Crippen MR) is 94.9 cm³/mol. The van der Waals surface area contributed by atoms with E-state index < -0.39 is 5.97 Å². The lowest BCUT2D eigenvalue weighted by molar-refractivity contribution is -0.138. The fraction of sp³-hybridized carbons (Fsp3) is 0.450. The Morgan fingerprint density at radius 2 is 2.24 bits per heavy atom. The molecule has 1 N–H and O–H groups in total. The van der Waals surface area contributed by atoms with Gasteiger partial charge in [-0.1, -0.05) is 25.8 Å². The first-order valence-electron chi connectivity index (χ1n) is 8.93. The number of rotatable bonds is 4. The smallest absolute Gasteiger partial charge is 0.341 e. The number of hydrogen-bond acceptors (Lipinski definition) is 4. The quantitative estimate of drug-likeness (QED) is 0.683. The molecule has 0 saturated carbocycles. The first-order chi connectivity index (χ1) is 12.1. The topological polar surface area (TPSA) is 72.1 Å². The zero-order chi connectivity index (χ0) is 17.6. The van der Waals surface area contributed by atoms with Crippen LogP contribution in [-0.2, 0) is 20.7 Å². The van der Waals surface area contributed by atoms with E-state index in [-0.39, 0.29) is 16.8 Å². The van der Waals surface area contributed by atoms with Gasteiger partial charge >= 0.3 is 5.97 Å². The molecule has 2 aliphatic rings. The Balaban J connectivity index is 2.00. The van der Waals surface area contributed by atoms with E-state index in [9.17, 15) is 9.59 Å². The maximum Gasteiger partial charge on any atom is 0.341 e. The van der Waals surface area contributed by atoms with Crippen molar-refractivity contribution in [1.29, 1.82) is 0 Å². The summed E-state index contributed by atoms with van der Waals surface area (Å²) >= 11 is 0. The molecule has 1 aromatic heterocycles. The number of nitrogens with zero attached hydrogens (tertiary/aromatic N) is 1. The molecule has 0 spiro atoms. The lowest BCUT2D eigenvalue weighted by Gasteiger charge is -2.35. The van der Waals surface area contributed by atoms with E-state index in [1.165, 1.54) is 12.7 Å². The number of esters is 1. The largest absolute Gasteiger partial charge is 0.465 e. The Labute approximate surface area is 146 Å². The number of allylic oxidation sites excluding steroid dienone is 1. The van der Waals surface area contributed by atoms with Gasteiger partial charge in [-0.25, -0.2) is 4.79 Å². The van der Waals surface area contributed by atoms with Crippen LogP contribution in [0, 0.1) is 5.41 Å². The van der Waals surface area contributed by atoms with Gasteiger partial charge in [-0.05, 0) is 42.0 Å². The molecule has 0 aliphatic heterocycles. The lowest BCUT2D eigenvalue weighted by atomic mass is 9.67.